The van der Waals surface area contributed by atoms with Crippen LogP contribution in [-0.2, 0) is 74.8 Å². The zero-order valence-electron chi connectivity index (χ0n) is 49.3. The fourth-order valence-corrected chi connectivity index (χ4v) is 7.58. The number of carboxylic acids is 3. The zero-order chi connectivity index (χ0) is 61.9. The Kier molecular flexibility index (Phi) is 49.8. The predicted molar refractivity (Wildman–Crippen MR) is 310 cm³/mol. The highest BCUT2D eigenvalue weighted by Gasteiger charge is 2.28. The molecule has 0 saturated heterocycles. The van der Waals surface area contributed by atoms with Crippen LogP contribution in [0.3, 0.4) is 0 Å². The molecule has 20 nitrogen and oxygen atoms in total. The largest absolute Gasteiger partial charge is 0.481 e. The molecule has 0 aliphatic heterocycles. The molecule has 5 N–H and O–H groups in total. The van der Waals surface area contributed by atoms with Crippen LogP contribution in [0.15, 0.2) is 73.8 Å². The lowest BCUT2D eigenvalue weighted by atomic mass is 9.87. The van der Waals surface area contributed by atoms with Gasteiger partial charge in [-0.1, -0.05) is 76.7 Å². The SMILES string of the molecule is C=CC(=O)Oc1ccc(CCC(=O)O)cc1.C=CC(=O)Oc1ccc(CCC(=O)OC2CCC(C(=O)O)CC2)cc1.CCCOCCC.CCCOCCC.COCCl.COCOC(=O)C1CCC(O)CC1.O=C(O)C1CCC(O)CC1. The van der Waals surface area contributed by atoms with Crippen LogP contribution in [0.1, 0.15) is 154 Å². The number of halogens is 1. The second-order valence-corrected chi connectivity index (χ2v) is 19.3. The van der Waals surface area contributed by atoms with Gasteiger partial charge in [0.2, 0.25) is 0 Å². The number of hydrogen-bond acceptors (Lipinski definition) is 17. The molecule has 3 fully saturated rings. The molecule has 21 heteroatoms. The number of carbonyl (C=O) groups is 7. The van der Waals surface area contributed by atoms with Crippen LogP contribution in [0, 0.1) is 17.8 Å². The first-order chi connectivity index (χ1) is 39.3. The smallest absolute Gasteiger partial charge is 0.335 e. The summed E-state index contributed by atoms with van der Waals surface area (Å²) >= 11 is 4.96. The Morgan fingerprint density at radius 1 is 0.537 bits per heavy atom. The van der Waals surface area contributed by atoms with Gasteiger partial charge in [0.15, 0.2) is 6.79 Å². The highest BCUT2D eigenvalue weighted by atomic mass is 35.5. The van der Waals surface area contributed by atoms with Gasteiger partial charge in [0.25, 0.3) is 0 Å². The van der Waals surface area contributed by atoms with E-state index in [9.17, 15) is 38.7 Å². The van der Waals surface area contributed by atoms with Crippen molar-refractivity contribution in [2.45, 2.75) is 174 Å². The minimum atomic E-state index is -0.831. The Hall–Kier alpha value is -5.74. The van der Waals surface area contributed by atoms with Crippen molar-refractivity contribution in [3.8, 4) is 11.5 Å². The summed E-state index contributed by atoms with van der Waals surface area (Å²) in [6, 6.07) is 13.9. The maximum Gasteiger partial charge on any atom is 0.335 e. The predicted octanol–water partition coefficient (Wildman–Crippen LogP) is 10.5. The molecule has 0 unspecified atom stereocenters. The van der Waals surface area contributed by atoms with Gasteiger partial charge in [0, 0.05) is 65.6 Å². The third-order valence-corrected chi connectivity index (χ3v) is 12.3. The summed E-state index contributed by atoms with van der Waals surface area (Å²) in [6.45, 7) is 18.8. The minimum absolute atomic E-state index is 0.0257. The highest BCUT2D eigenvalue weighted by molar-refractivity contribution is 6.17. The van der Waals surface area contributed by atoms with Crippen molar-refractivity contribution in [2.75, 3.05) is 53.5 Å². The molecule has 3 aliphatic carbocycles. The number of methoxy groups -OCH3 is 2. The van der Waals surface area contributed by atoms with Crippen LogP contribution in [0.4, 0.5) is 0 Å². The van der Waals surface area contributed by atoms with Crippen molar-refractivity contribution in [1.29, 1.82) is 0 Å². The van der Waals surface area contributed by atoms with E-state index in [0.717, 1.165) is 88.2 Å². The number of carboxylic acid groups (broad SMARTS) is 3. The average Bonchev–Trinajstić information content (AvgIpc) is 3.49. The molecule has 3 aliphatic rings. The van der Waals surface area contributed by atoms with Gasteiger partial charge in [-0.05, 0) is 151 Å². The number of benzene rings is 2. The van der Waals surface area contributed by atoms with Gasteiger partial charge < -0.3 is 63.4 Å². The molecule has 82 heavy (non-hydrogen) atoms. The van der Waals surface area contributed by atoms with Gasteiger partial charge >= 0.3 is 41.8 Å². The third-order valence-electron chi connectivity index (χ3n) is 12.1. The Morgan fingerprint density at radius 2 is 0.890 bits per heavy atom. The molecule has 0 heterocycles. The molecule has 5 rings (SSSR count). The van der Waals surface area contributed by atoms with E-state index in [-0.39, 0.29) is 67.6 Å². The second-order valence-electron chi connectivity index (χ2n) is 19.1. The molecule has 0 aromatic heterocycles. The van der Waals surface area contributed by atoms with E-state index in [1.165, 1.54) is 7.11 Å². The molecule has 0 bridgehead atoms. The maximum atomic E-state index is 11.9. The monoisotopic (exact) mass is 1180 g/mol. The Balaban J connectivity index is 0. The van der Waals surface area contributed by atoms with Gasteiger partial charge in [0.05, 0.1) is 30.0 Å². The molecule has 0 radical (unpaired) electrons. The first-order valence-corrected chi connectivity index (χ1v) is 28.8. The first-order valence-electron chi connectivity index (χ1n) is 28.2. The summed E-state index contributed by atoms with van der Waals surface area (Å²) in [5.74, 6) is -3.55. The molecule has 2 aromatic carbocycles. The van der Waals surface area contributed by atoms with Crippen LogP contribution < -0.4 is 9.47 Å². The number of aliphatic hydroxyl groups is 2. The molecule has 0 amide bonds. The lowest BCUT2D eigenvalue weighted by Gasteiger charge is -2.25. The summed E-state index contributed by atoms with van der Waals surface area (Å²) in [5, 5.41) is 44.2. The number of alkyl halides is 1. The van der Waals surface area contributed by atoms with E-state index in [2.05, 4.69) is 50.3 Å². The maximum absolute atomic E-state index is 11.9. The van der Waals surface area contributed by atoms with Crippen molar-refractivity contribution in [1.82, 2.24) is 0 Å². The van der Waals surface area contributed by atoms with E-state index < -0.39 is 29.8 Å². The van der Waals surface area contributed by atoms with Crippen molar-refractivity contribution < 1.29 is 97.0 Å². The van der Waals surface area contributed by atoms with Gasteiger partial charge in [-0.3, -0.25) is 24.0 Å². The van der Waals surface area contributed by atoms with Crippen LogP contribution in [0.2, 0.25) is 0 Å². The fourth-order valence-electron chi connectivity index (χ4n) is 7.58. The van der Waals surface area contributed by atoms with Crippen molar-refractivity contribution in [2.24, 2.45) is 17.8 Å². The summed E-state index contributed by atoms with van der Waals surface area (Å²) in [7, 11) is 3.03. The van der Waals surface area contributed by atoms with Crippen molar-refractivity contribution >= 4 is 53.4 Å². The first kappa shape index (κ1) is 78.3. The number of aliphatic carboxylic acids is 3. The quantitative estimate of drug-likeness (QED) is 0.0154. The minimum Gasteiger partial charge on any atom is -0.481 e. The summed E-state index contributed by atoms with van der Waals surface area (Å²) in [5.41, 5.74) is 1.82. The van der Waals surface area contributed by atoms with E-state index in [0.29, 0.717) is 94.6 Å². The number of aryl methyl sites for hydroxylation is 2. The van der Waals surface area contributed by atoms with Crippen LogP contribution in [0.25, 0.3) is 0 Å². The normalized spacial score (nSPS) is 18.5. The molecular formula is C61H95ClO20. The molecule has 466 valence electrons. The van der Waals surface area contributed by atoms with Gasteiger partial charge in [-0.25, -0.2) is 9.59 Å². The number of esters is 4. The van der Waals surface area contributed by atoms with Gasteiger partial charge in [0.1, 0.15) is 23.7 Å². The van der Waals surface area contributed by atoms with Gasteiger partial charge in [-0.2, -0.15) is 0 Å². The molecule has 3 saturated carbocycles. The Labute approximate surface area is 490 Å². The van der Waals surface area contributed by atoms with E-state index in [4.69, 9.17) is 60.4 Å². The summed E-state index contributed by atoms with van der Waals surface area (Å²) in [4.78, 5) is 76.8. The van der Waals surface area contributed by atoms with Crippen LogP contribution in [-0.4, -0.2) is 139 Å². The fraction of sp³-hybridized carbons (Fsp3) is 0.623. The summed E-state index contributed by atoms with van der Waals surface area (Å²) < 4.78 is 39.3. The van der Waals surface area contributed by atoms with Crippen molar-refractivity contribution in [3.63, 3.8) is 0 Å². The summed E-state index contributed by atoms with van der Waals surface area (Å²) in [6.07, 6.45) is 15.1. The molecule has 2 aromatic rings. The Morgan fingerprint density at radius 3 is 1.21 bits per heavy atom. The number of rotatable bonds is 25. The van der Waals surface area contributed by atoms with E-state index in [1.54, 1.807) is 55.6 Å². The van der Waals surface area contributed by atoms with Crippen LogP contribution in [0.5, 0.6) is 11.5 Å². The number of hydrogen-bond donors (Lipinski definition) is 5. The van der Waals surface area contributed by atoms with Crippen molar-refractivity contribution in [3.05, 3.63) is 85.0 Å². The third kappa shape index (κ3) is 43.9. The molecular weight excluding hydrogens is 1090 g/mol. The number of carbonyl (C=O) groups excluding carboxylic acids is 4. The lowest BCUT2D eigenvalue weighted by molar-refractivity contribution is -0.161. The molecule has 0 spiro atoms. The highest BCUT2D eigenvalue weighted by Crippen LogP contribution is 2.28. The zero-order valence-corrected chi connectivity index (χ0v) is 50.0. The Bertz CT molecular complexity index is 1990. The van der Waals surface area contributed by atoms with E-state index >= 15 is 0 Å². The standard InChI is InChI=1S/C19H22O6.C12H12O4.C9H16O4.C7H12O3.2C6H14O.C2H5ClO/c1-2-17(20)24-15-8-3-13(4-9-15)5-12-18(21)25-16-10-6-14(7-11-16)19(22)23;1-2-12(15)16-10-6-3-9(4-7-10)5-8-11(13)14;1-12-6-13-9(11)7-2-4-8(10)5-3-7;8-6-3-1-5(2-4-6)7(9)10;2*1-3-5-7-6-4-2;1-4-2-3/h2-4,8-9,14,16H,1,5-7,10-12H2,(H,22,23);2-4,6-7H,1,5,8H2,(H,13,14);7-8,10H,2-6H2,1H3;5-6,8H,1-4H2,(H,9,10);2*3-6H2,1-2H3;2H2,1H3. The second kappa shape index (κ2) is 52.1. The average molecular weight is 1180 g/mol. The van der Waals surface area contributed by atoms with Crippen LogP contribution >= 0.6 is 11.6 Å². The number of aliphatic hydroxyl groups excluding tert-OH is 2. The number of ether oxygens (including phenoxy) is 8. The topological polar surface area (TPSA) is 294 Å². The van der Waals surface area contributed by atoms with E-state index in [1.807, 2.05) is 0 Å². The van der Waals surface area contributed by atoms with Gasteiger partial charge in [-0.15, -0.1) is 0 Å². The molecule has 0 atom stereocenters. The lowest BCUT2D eigenvalue weighted by Crippen LogP contribution is -2.27.